The molecule has 0 saturated carbocycles. The minimum absolute atomic E-state index is 0.505. The molecule has 1 rings (SSSR count). The van der Waals surface area contributed by atoms with E-state index in [-0.39, 0.29) is 0 Å². The number of aromatic nitrogens is 1. The quantitative estimate of drug-likeness (QED) is 0.583. The van der Waals surface area contributed by atoms with Gasteiger partial charge in [0, 0.05) is 0 Å². The topological polar surface area (TPSA) is 46.3 Å². The Hall–Kier alpha value is -0.830. The molecule has 1 heterocycles. The highest BCUT2D eigenvalue weighted by atomic mass is 16.4. The largest absolute Gasteiger partial charge is 0.446 e. The van der Waals surface area contributed by atoms with Gasteiger partial charge in [0.2, 0.25) is 0 Å². The van der Waals surface area contributed by atoms with E-state index in [0.29, 0.717) is 5.76 Å². The van der Waals surface area contributed by atoms with Gasteiger partial charge in [-0.3, -0.25) is 0 Å². The molecule has 8 heavy (non-hydrogen) atoms. The first-order valence-electron chi connectivity index (χ1n) is 2.37. The second kappa shape index (κ2) is 1.96. The van der Waals surface area contributed by atoms with Gasteiger partial charge < -0.3 is 9.52 Å². The molecule has 1 N–H and O–H groups in total. The minimum atomic E-state index is -0.544. The predicted molar refractivity (Wildman–Crippen MR) is 27.1 cm³/mol. The summed E-state index contributed by atoms with van der Waals surface area (Å²) in [6.45, 7) is 1.63. The van der Waals surface area contributed by atoms with Crippen molar-refractivity contribution in [2.24, 2.45) is 0 Å². The molecule has 0 spiro atoms. The average Bonchev–Trinajstić information content (AvgIpc) is 2.12. The molecule has 0 bridgehead atoms. The number of rotatable bonds is 1. The second-order valence-corrected chi connectivity index (χ2v) is 1.58. The zero-order chi connectivity index (χ0) is 5.98. The van der Waals surface area contributed by atoms with Gasteiger partial charge in [0.15, 0.2) is 12.2 Å². The molecule has 0 radical (unpaired) electrons. The van der Waals surface area contributed by atoms with E-state index in [2.05, 4.69) is 4.98 Å². The molecule has 0 amide bonds. The first-order valence-corrected chi connectivity index (χ1v) is 2.37. The number of nitrogens with zero attached hydrogens (tertiary/aromatic N) is 1. The Morgan fingerprint density at radius 2 is 2.62 bits per heavy atom. The van der Waals surface area contributed by atoms with Crippen LogP contribution in [0.15, 0.2) is 17.0 Å². The van der Waals surface area contributed by atoms with E-state index in [0.717, 1.165) is 0 Å². The van der Waals surface area contributed by atoms with E-state index in [4.69, 9.17) is 9.52 Å². The van der Waals surface area contributed by atoms with Crippen LogP contribution in [-0.4, -0.2) is 10.1 Å². The molecule has 1 atom stereocenters. The maximum Gasteiger partial charge on any atom is 0.180 e. The highest BCUT2D eigenvalue weighted by Crippen LogP contribution is 2.08. The molecule has 0 aliphatic carbocycles. The van der Waals surface area contributed by atoms with Crippen LogP contribution in [0.2, 0.25) is 0 Å². The van der Waals surface area contributed by atoms with Crippen molar-refractivity contribution in [3.63, 3.8) is 0 Å². The zero-order valence-electron chi connectivity index (χ0n) is 4.53. The van der Waals surface area contributed by atoms with Crippen molar-refractivity contribution in [1.29, 1.82) is 0 Å². The van der Waals surface area contributed by atoms with Gasteiger partial charge in [-0.2, -0.15) is 0 Å². The van der Waals surface area contributed by atoms with Crippen LogP contribution in [-0.2, 0) is 0 Å². The van der Waals surface area contributed by atoms with Crippen LogP contribution >= 0.6 is 0 Å². The van der Waals surface area contributed by atoms with E-state index in [1.807, 2.05) is 0 Å². The summed E-state index contributed by atoms with van der Waals surface area (Å²) in [5, 5.41) is 8.78. The number of hydrogen-bond acceptors (Lipinski definition) is 3. The third-order valence-corrected chi connectivity index (χ3v) is 0.863. The fourth-order valence-corrected chi connectivity index (χ4v) is 0.432. The normalized spacial score (nSPS) is 13.8. The van der Waals surface area contributed by atoms with E-state index < -0.39 is 6.10 Å². The number of oxazole rings is 1. The molecule has 3 nitrogen and oxygen atoms in total. The Bertz CT molecular complexity index is 145. The molecule has 0 aliphatic heterocycles. The smallest absolute Gasteiger partial charge is 0.180 e. The maximum absolute atomic E-state index is 8.78. The van der Waals surface area contributed by atoms with Gasteiger partial charge in [0.1, 0.15) is 6.10 Å². The second-order valence-electron chi connectivity index (χ2n) is 1.58. The lowest BCUT2D eigenvalue weighted by molar-refractivity contribution is 0.169. The molecule has 1 aromatic heterocycles. The van der Waals surface area contributed by atoms with Crippen molar-refractivity contribution in [3.05, 3.63) is 18.4 Å². The highest BCUT2D eigenvalue weighted by Gasteiger charge is 2.01. The van der Waals surface area contributed by atoms with Crippen LogP contribution < -0.4 is 0 Å². The summed E-state index contributed by atoms with van der Waals surface area (Å²) in [5.74, 6) is 0.505. The lowest BCUT2D eigenvalue weighted by Crippen LogP contribution is -1.85. The fourth-order valence-electron chi connectivity index (χ4n) is 0.432. The van der Waals surface area contributed by atoms with Crippen molar-refractivity contribution in [1.82, 2.24) is 4.98 Å². The first kappa shape index (κ1) is 5.31. The predicted octanol–water partition coefficient (Wildman–Crippen LogP) is 0.728. The maximum atomic E-state index is 8.78. The van der Waals surface area contributed by atoms with Crippen molar-refractivity contribution >= 4 is 0 Å². The third-order valence-electron chi connectivity index (χ3n) is 0.863. The standard InChI is InChI=1S/C5H7NO2/c1-4(7)5-2-6-3-8-5/h2-4,7H,1H3/t4-/m0/s1. The molecular formula is C5H7NO2. The summed E-state index contributed by atoms with van der Waals surface area (Å²) in [7, 11) is 0. The van der Waals surface area contributed by atoms with Crippen molar-refractivity contribution in [2.75, 3.05) is 0 Å². The van der Waals surface area contributed by atoms with Crippen LogP contribution in [0.25, 0.3) is 0 Å². The molecule has 0 saturated heterocycles. The van der Waals surface area contributed by atoms with Crippen LogP contribution in [0, 0.1) is 0 Å². The Morgan fingerprint density at radius 1 is 1.88 bits per heavy atom. The Balaban J connectivity index is 2.77. The minimum Gasteiger partial charge on any atom is -0.446 e. The van der Waals surface area contributed by atoms with Gasteiger partial charge in [0.25, 0.3) is 0 Å². The van der Waals surface area contributed by atoms with E-state index >= 15 is 0 Å². The third kappa shape index (κ3) is 0.869. The summed E-state index contributed by atoms with van der Waals surface area (Å²) < 4.78 is 4.73. The molecule has 0 aromatic carbocycles. The molecule has 0 fully saturated rings. The Labute approximate surface area is 47.0 Å². The van der Waals surface area contributed by atoms with Gasteiger partial charge >= 0.3 is 0 Å². The average molecular weight is 113 g/mol. The number of aliphatic hydroxyl groups is 1. The first-order chi connectivity index (χ1) is 3.80. The van der Waals surface area contributed by atoms with E-state index in [9.17, 15) is 0 Å². The molecular weight excluding hydrogens is 106 g/mol. The van der Waals surface area contributed by atoms with Gasteiger partial charge in [-0.25, -0.2) is 4.98 Å². The monoisotopic (exact) mass is 113 g/mol. The summed E-state index contributed by atoms with van der Waals surface area (Å²) in [6, 6.07) is 0. The summed E-state index contributed by atoms with van der Waals surface area (Å²) in [5.41, 5.74) is 0. The summed E-state index contributed by atoms with van der Waals surface area (Å²) in [4.78, 5) is 3.62. The van der Waals surface area contributed by atoms with Gasteiger partial charge in [-0.15, -0.1) is 0 Å². The summed E-state index contributed by atoms with van der Waals surface area (Å²) >= 11 is 0. The molecule has 0 unspecified atom stereocenters. The Kier molecular flexibility index (Phi) is 1.30. The van der Waals surface area contributed by atoms with Crippen molar-refractivity contribution in [2.45, 2.75) is 13.0 Å². The molecule has 0 aliphatic rings. The SMILES string of the molecule is C[C@H](O)c1cnco1. The van der Waals surface area contributed by atoms with Gasteiger partial charge in [0.05, 0.1) is 6.20 Å². The zero-order valence-corrected chi connectivity index (χ0v) is 4.53. The lowest BCUT2D eigenvalue weighted by Gasteiger charge is -1.93. The molecule has 3 heteroatoms. The van der Waals surface area contributed by atoms with Crippen molar-refractivity contribution < 1.29 is 9.52 Å². The van der Waals surface area contributed by atoms with Crippen LogP contribution in [0.4, 0.5) is 0 Å². The molecule has 44 valence electrons. The van der Waals surface area contributed by atoms with Crippen LogP contribution in [0.5, 0.6) is 0 Å². The van der Waals surface area contributed by atoms with E-state index in [1.54, 1.807) is 6.92 Å². The summed E-state index contributed by atoms with van der Waals surface area (Å²) in [6.07, 6.45) is 2.24. The lowest BCUT2D eigenvalue weighted by atomic mass is 10.3. The fraction of sp³-hybridized carbons (Fsp3) is 0.400. The van der Waals surface area contributed by atoms with Crippen LogP contribution in [0.3, 0.4) is 0 Å². The molecule has 1 aromatic rings. The van der Waals surface area contributed by atoms with Crippen LogP contribution in [0.1, 0.15) is 18.8 Å². The number of aliphatic hydroxyl groups excluding tert-OH is 1. The van der Waals surface area contributed by atoms with Crippen molar-refractivity contribution in [3.8, 4) is 0 Å². The van der Waals surface area contributed by atoms with Gasteiger partial charge in [-0.05, 0) is 6.92 Å². The van der Waals surface area contributed by atoms with E-state index in [1.165, 1.54) is 12.6 Å². The van der Waals surface area contributed by atoms with Gasteiger partial charge in [-0.1, -0.05) is 0 Å². The Morgan fingerprint density at radius 3 is 2.88 bits per heavy atom. The number of hydrogen-bond donors (Lipinski definition) is 1. The highest BCUT2D eigenvalue weighted by molar-refractivity contribution is 4.90.